The summed E-state index contributed by atoms with van der Waals surface area (Å²) in [5.41, 5.74) is 2.43. The van der Waals surface area contributed by atoms with Gasteiger partial charge < -0.3 is 10.4 Å². The number of hydrogen-bond acceptors (Lipinski definition) is 3. The standard InChI is InChI=1S/C15H17NOS/c1-16-10-12-5-7-15(8-6-12)18-11-13-3-2-4-14(17)9-13/h2-9,16-17H,10-11H2,1H3. The zero-order valence-corrected chi connectivity index (χ0v) is 11.2. The van der Waals surface area contributed by atoms with Gasteiger partial charge in [0.1, 0.15) is 5.75 Å². The van der Waals surface area contributed by atoms with Crippen LogP contribution in [-0.2, 0) is 12.3 Å². The molecule has 0 aliphatic heterocycles. The normalized spacial score (nSPS) is 10.5. The molecule has 0 saturated heterocycles. The summed E-state index contributed by atoms with van der Waals surface area (Å²) in [6.07, 6.45) is 0. The molecular formula is C15H17NOS. The topological polar surface area (TPSA) is 32.3 Å². The third-order valence-corrected chi connectivity index (χ3v) is 3.70. The van der Waals surface area contributed by atoms with Crippen LogP contribution in [0.3, 0.4) is 0 Å². The molecule has 0 fully saturated rings. The molecule has 0 atom stereocenters. The Hall–Kier alpha value is -1.45. The summed E-state index contributed by atoms with van der Waals surface area (Å²) in [6, 6.07) is 16.0. The van der Waals surface area contributed by atoms with Gasteiger partial charge in [0.05, 0.1) is 0 Å². The molecule has 0 aliphatic carbocycles. The van der Waals surface area contributed by atoms with E-state index < -0.39 is 0 Å². The van der Waals surface area contributed by atoms with Gasteiger partial charge in [-0.2, -0.15) is 0 Å². The van der Waals surface area contributed by atoms with E-state index in [0.717, 1.165) is 17.9 Å². The molecule has 2 N–H and O–H groups in total. The number of rotatable bonds is 5. The lowest BCUT2D eigenvalue weighted by Gasteiger charge is -2.04. The van der Waals surface area contributed by atoms with Crippen molar-refractivity contribution in [2.24, 2.45) is 0 Å². The van der Waals surface area contributed by atoms with Gasteiger partial charge in [0, 0.05) is 17.2 Å². The number of phenols is 1. The van der Waals surface area contributed by atoms with Crippen molar-refractivity contribution < 1.29 is 5.11 Å². The van der Waals surface area contributed by atoms with Crippen LogP contribution in [0.5, 0.6) is 5.75 Å². The minimum absolute atomic E-state index is 0.331. The third kappa shape index (κ3) is 3.79. The molecule has 0 amide bonds. The SMILES string of the molecule is CNCc1ccc(SCc2cccc(O)c2)cc1. The molecule has 0 bridgehead atoms. The van der Waals surface area contributed by atoms with Crippen LogP contribution >= 0.6 is 11.8 Å². The smallest absolute Gasteiger partial charge is 0.115 e. The first-order valence-corrected chi connectivity index (χ1v) is 6.91. The van der Waals surface area contributed by atoms with Crippen LogP contribution in [0.1, 0.15) is 11.1 Å². The molecule has 94 valence electrons. The van der Waals surface area contributed by atoms with Crippen molar-refractivity contribution in [1.29, 1.82) is 0 Å². The van der Waals surface area contributed by atoms with Gasteiger partial charge in [-0.15, -0.1) is 11.8 Å². The predicted octanol–water partition coefficient (Wildman–Crippen LogP) is 3.40. The zero-order valence-electron chi connectivity index (χ0n) is 10.4. The van der Waals surface area contributed by atoms with Gasteiger partial charge in [-0.1, -0.05) is 24.3 Å². The zero-order chi connectivity index (χ0) is 12.8. The molecule has 0 unspecified atom stereocenters. The lowest BCUT2D eigenvalue weighted by molar-refractivity contribution is 0.475. The maximum Gasteiger partial charge on any atom is 0.115 e. The maximum absolute atomic E-state index is 9.39. The van der Waals surface area contributed by atoms with Crippen LogP contribution in [0.4, 0.5) is 0 Å². The molecule has 2 aromatic rings. The number of nitrogens with one attached hydrogen (secondary N) is 1. The fourth-order valence-electron chi connectivity index (χ4n) is 1.72. The first-order valence-electron chi connectivity index (χ1n) is 5.92. The van der Waals surface area contributed by atoms with E-state index in [4.69, 9.17) is 0 Å². The highest BCUT2D eigenvalue weighted by Crippen LogP contribution is 2.24. The molecule has 0 radical (unpaired) electrons. The summed E-state index contributed by atoms with van der Waals surface area (Å²) in [5.74, 6) is 1.21. The van der Waals surface area contributed by atoms with Crippen LogP contribution in [0.2, 0.25) is 0 Å². The Balaban J connectivity index is 1.93. The molecule has 0 heterocycles. The van der Waals surface area contributed by atoms with Gasteiger partial charge in [-0.05, 0) is 42.4 Å². The highest BCUT2D eigenvalue weighted by molar-refractivity contribution is 7.98. The van der Waals surface area contributed by atoms with Crippen molar-refractivity contribution in [3.63, 3.8) is 0 Å². The van der Waals surface area contributed by atoms with Crippen molar-refractivity contribution in [3.8, 4) is 5.75 Å². The monoisotopic (exact) mass is 259 g/mol. The molecule has 0 saturated carbocycles. The summed E-state index contributed by atoms with van der Waals surface area (Å²) in [6.45, 7) is 0.900. The predicted molar refractivity (Wildman–Crippen MR) is 76.9 cm³/mol. The lowest BCUT2D eigenvalue weighted by Crippen LogP contribution is -2.04. The van der Waals surface area contributed by atoms with Gasteiger partial charge in [0.15, 0.2) is 0 Å². The van der Waals surface area contributed by atoms with Crippen molar-refractivity contribution in [2.45, 2.75) is 17.2 Å². The minimum atomic E-state index is 0.331. The summed E-state index contributed by atoms with van der Waals surface area (Å²) < 4.78 is 0. The largest absolute Gasteiger partial charge is 0.508 e. The van der Waals surface area contributed by atoms with Crippen LogP contribution in [-0.4, -0.2) is 12.2 Å². The Morgan fingerprint density at radius 2 is 1.83 bits per heavy atom. The van der Waals surface area contributed by atoms with E-state index in [-0.39, 0.29) is 0 Å². The minimum Gasteiger partial charge on any atom is -0.508 e. The maximum atomic E-state index is 9.39. The average Bonchev–Trinajstić information content (AvgIpc) is 2.38. The van der Waals surface area contributed by atoms with Crippen LogP contribution in [0, 0.1) is 0 Å². The van der Waals surface area contributed by atoms with Crippen LogP contribution in [0.25, 0.3) is 0 Å². The van der Waals surface area contributed by atoms with Crippen LogP contribution in [0.15, 0.2) is 53.4 Å². The molecule has 2 aromatic carbocycles. The van der Waals surface area contributed by atoms with Crippen molar-refractivity contribution in [2.75, 3.05) is 7.05 Å². The summed E-state index contributed by atoms with van der Waals surface area (Å²) in [4.78, 5) is 1.25. The second-order valence-corrected chi connectivity index (χ2v) is 5.18. The Kier molecular flexibility index (Phi) is 4.67. The van der Waals surface area contributed by atoms with Gasteiger partial charge in [0.2, 0.25) is 0 Å². The molecular weight excluding hydrogens is 242 g/mol. The van der Waals surface area contributed by atoms with E-state index in [2.05, 4.69) is 29.6 Å². The van der Waals surface area contributed by atoms with E-state index in [9.17, 15) is 5.11 Å². The average molecular weight is 259 g/mol. The number of thioether (sulfide) groups is 1. The highest BCUT2D eigenvalue weighted by atomic mass is 32.2. The molecule has 0 aromatic heterocycles. The van der Waals surface area contributed by atoms with Gasteiger partial charge >= 0.3 is 0 Å². The summed E-state index contributed by atoms with van der Waals surface area (Å²) in [7, 11) is 1.95. The Bertz CT molecular complexity index is 496. The highest BCUT2D eigenvalue weighted by Gasteiger charge is 1.98. The molecule has 18 heavy (non-hydrogen) atoms. The van der Waals surface area contributed by atoms with Gasteiger partial charge in [0.25, 0.3) is 0 Å². The lowest BCUT2D eigenvalue weighted by atomic mass is 10.2. The Morgan fingerprint density at radius 3 is 2.50 bits per heavy atom. The number of hydrogen-bond donors (Lipinski definition) is 2. The summed E-state index contributed by atoms with van der Waals surface area (Å²) >= 11 is 1.78. The molecule has 0 aliphatic rings. The third-order valence-electron chi connectivity index (χ3n) is 2.62. The quantitative estimate of drug-likeness (QED) is 0.807. The number of benzene rings is 2. The second-order valence-electron chi connectivity index (χ2n) is 4.13. The summed E-state index contributed by atoms with van der Waals surface area (Å²) in [5, 5.41) is 12.5. The Labute approximate surface area is 112 Å². The van der Waals surface area contributed by atoms with E-state index in [1.165, 1.54) is 10.5 Å². The fourth-order valence-corrected chi connectivity index (χ4v) is 2.56. The van der Waals surface area contributed by atoms with E-state index in [0.29, 0.717) is 5.75 Å². The Morgan fingerprint density at radius 1 is 1.06 bits per heavy atom. The van der Waals surface area contributed by atoms with Gasteiger partial charge in [-0.25, -0.2) is 0 Å². The van der Waals surface area contributed by atoms with E-state index >= 15 is 0 Å². The molecule has 3 heteroatoms. The molecule has 0 spiro atoms. The first kappa shape index (κ1) is 13.0. The molecule has 2 nitrogen and oxygen atoms in total. The van der Waals surface area contributed by atoms with Crippen molar-refractivity contribution in [1.82, 2.24) is 5.32 Å². The first-order chi connectivity index (χ1) is 8.78. The van der Waals surface area contributed by atoms with Crippen molar-refractivity contribution in [3.05, 3.63) is 59.7 Å². The molecule has 2 rings (SSSR count). The number of aromatic hydroxyl groups is 1. The van der Waals surface area contributed by atoms with E-state index in [1.54, 1.807) is 17.8 Å². The second kappa shape index (κ2) is 6.47. The van der Waals surface area contributed by atoms with Crippen LogP contribution < -0.4 is 5.32 Å². The fraction of sp³-hybridized carbons (Fsp3) is 0.200. The van der Waals surface area contributed by atoms with E-state index in [1.807, 2.05) is 25.2 Å². The van der Waals surface area contributed by atoms with Crippen molar-refractivity contribution >= 4 is 11.8 Å². The van der Waals surface area contributed by atoms with Gasteiger partial charge in [-0.3, -0.25) is 0 Å². The number of phenolic OH excluding ortho intramolecular Hbond substituents is 1.